The second-order valence-corrected chi connectivity index (χ2v) is 11.0. The van der Waals surface area contributed by atoms with E-state index in [1.807, 2.05) is 11.8 Å². The molecule has 0 bridgehead atoms. The first-order chi connectivity index (χ1) is 5.54. The fourth-order valence-electron chi connectivity index (χ4n) is 1.18. The van der Waals surface area contributed by atoms with E-state index in [2.05, 4.69) is 19.6 Å². The Labute approximate surface area is 80.0 Å². The van der Waals surface area contributed by atoms with Crippen LogP contribution in [0.2, 0.25) is 19.6 Å². The Morgan fingerprint density at radius 2 is 2.17 bits per heavy atom. The van der Waals surface area contributed by atoms with Crippen LogP contribution in [-0.2, 0) is 9.47 Å². The molecule has 1 fully saturated rings. The molecule has 0 spiro atoms. The van der Waals surface area contributed by atoms with Crippen molar-refractivity contribution in [1.29, 1.82) is 0 Å². The number of rotatable bonds is 3. The highest BCUT2D eigenvalue weighted by Gasteiger charge is 2.35. The maximum absolute atomic E-state index is 5.87. The van der Waals surface area contributed by atoms with Crippen LogP contribution in [0.25, 0.3) is 0 Å². The monoisotopic (exact) mass is 206 g/mol. The molecule has 0 aliphatic carbocycles. The molecule has 0 aromatic heterocycles. The number of ether oxygens (including phenoxy) is 2. The molecule has 1 rings (SSSR count). The van der Waals surface area contributed by atoms with Crippen LogP contribution in [0, 0.1) is 0 Å². The Bertz CT molecular complexity index is 146. The van der Waals surface area contributed by atoms with E-state index in [9.17, 15) is 0 Å². The Morgan fingerprint density at radius 3 is 2.58 bits per heavy atom. The van der Waals surface area contributed by atoms with Gasteiger partial charge in [0.2, 0.25) is 0 Å². The number of methoxy groups -OCH3 is 1. The minimum Gasteiger partial charge on any atom is -0.382 e. The first kappa shape index (κ1) is 10.6. The molecule has 12 heavy (non-hydrogen) atoms. The standard InChI is InChI=1S/C8H18O2SSi/c1-9-5-7-6-11-8(10-7)12(2,3)4/h7-8H,5-6H2,1-4H3. The summed E-state index contributed by atoms with van der Waals surface area (Å²) < 4.78 is 10.9. The van der Waals surface area contributed by atoms with Gasteiger partial charge in [0.15, 0.2) is 0 Å². The average molecular weight is 206 g/mol. The van der Waals surface area contributed by atoms with E-state index >= 15 is 0 Å². The van der Waals surface area contributed by atoms with E-state index in [1.165, 1.54) is 0 Å². The van der Waals surface area contributed by atoms with Gasteiger partial charge >= 0.3 is 0 Å². The van der Waals surface area contributed by atoms with Crippen LogP contribution in [0.4, 0.5) is 0 Å². The Balaban J connectivity index is 2.35. The van der Waals surface area contributed by atoms with Gasteiger partial charge in [-0.05, 0) is 0 Å². The summed E-state index contributed by atoms with van der Waals surface area (Å²) in [4.78, 5) is 0. The van der Waals surface area contributed by atoms with Crippen molar-refractivity contribution in [3.8, 4) is 0 Å². The molecule has 1 aliphatic rings. The number of hydrogen-bond donors (Lipinski definition) is 0. The smallest absolute Gasteiger partial charge is 0.0914 e. The highest BCUT2D eigenvalue weighted by Crippen LogP contribution is 2.31. The summed E-state index contributed by atoms with van der Waals surface area (Å²) in [6.45, 7) is 7.79. The van der Waals surface area contributed by atoms with Crippen LogP contribution >= 0.6 is 11.8 Å². The molecule has 0 amide bonds. The fraction of sp³-hybridized carbons (Fsp3) is 1.00. The third-order valence-electron chi connectivity index (χ3n) is 1.81. The molecule has 2 nitrogen and oxygen atoms in total. The molecular formula is C8H18O2SSi. The van der Waals surface area contributed by atoms with E-state index in [-0.39, 0.29) is 0 Å². The average Bonchev–Trinajstić information content (AvgIpc) is 2.35. The minimum absolute atomic E-state index is 0.330. The molecule has 2 atom stereocenters. The third-order valence-corrected chi connectivity index (χ3v) is 6.96. The predicted molar refractivity (Wildman–Crippen MR) is 56.3 cm³/mol. The third kappa shape index (κ3) is 2.76. The van der Waals surface area contributed by atoms with Gasteiger partial charge in [0.05, 0.1) is 25.8 Å². The van der Waals surface area contributed by atoms with E-state index in [1.54, 1.807) is 7.11 Å². The first-order valence-electron chi connectivity index (χ1n) is 4.30. The number of thioether (sulfide) groups is 1. The summed E-state index contributed by atoms with van der Waals surface area (Å²) in [6, 6.07) is 0. The van der Waals surface area contributed by atoms with Crippen LogP contribution in [0.3, 0.4) is 0 Å². The molecule has 1 saturated heterocycles. The predicted octanol–water partition coefficient (Wildman–Crippen LogP) is 1.97. The topological polar surface area (TPSA) is 18.5 Å². The number of hydrogen-bond acceptors (Lipinski definition) is 3. The van der Waals surface area contributed by atoms with Gasteiger partial charge in [-0.1, -0.05) is 19.6 Å². The summed E-state index contributed by atoms with van der Waals surface area (Å²) in [5.74, 6) is 1.10. The van der Waals surface area contributed by atoms with E-state index in [0.717, 1.165) is 12.4 Å². The fourth-order valence-corrected chi connectivity index (χ4v) is 4.86. The summed E-state index contributed by atoms with van der Waals surface area (Å²) in [5, 5.41) is 0.470. The molecule has 0 N–H and O–H groups in total. The quantitative estimate of drug-likeness (QED) is 0.658. The second kappa shape index (κ2) is 4.13. The maximum atomic E-state index is 5.87. The molecular weight excluding hydrogens is 188 g/mol. The van der Waals surface area contributed by atoms with Crippen LogP contribution in [0.15, 0.2) is 0 Å². The zero-order valence-corrected chi connectivity index (χ0v) is 10.1. The van der Waals surface area contributed by atoms with Crippen molar-refractivity contribution in [2.45, 2.75) is 30.8 Å². The van der Waals surface area contributed by atoms with Crippen molar-refractivity contribution < 1.29 is 9.47 Å². The van der Waals surface area contributed by atoms with Gasteiger partial charge in [0, 0.05) is 12.9 Å². The molecule has 72 valence electrons. The SMILES string of the molecule is COCC1CSC([Si](C)(C)C)O1. The zero-order valence-electron chi connectivity index (χ0n) is 8.29. The summed E-state index contributed by atoms with van der Waals surface area (Å²) >= 11 is 1.96. The van der Waals surface area contributed by atoms with E-state index in [0.29, 0.717) is 11.2 Å². The Hall–Kier alpha value is 0.487. The van der Waals surface area contributed by atoms with Crippen molar-refractivity contribution >= 4 is 19.8 Å². The highest BCUT2D eigenvalue weighted by atomic mass is 32.2. The van der Waals surface area contributed by atoms with Gasteiger partial charge in [0.25, 0.3) is 0 Å². The normalized spacial score (nSPS) is 31.0. The lowest BCUT2D eigenvalue weighted by Gasteiger charge is -2.23. The lowest BCUT2D eigenvalue weighted by Crippen LogP contribution is -2.36. The zero-order chi connectivity index (χ0) is 9.19. The van der Waals surface area contributed by atoms with Crippen LogP contribution in [0.5, 0.6) is 0 Å². The highest BCUT2D eigenvalue weighted by molar-refractivity contribution is 8.01. The molecule has 2 unspecified atom stereocenters. The van der Waals surface area contributed by atoms with Gasteiger partial charge < -0.3 is 9.47 Å². The van der Waals surface area contributed by atoms with E-state index in [4.69, 9.17) is 9.47 Å². The second-order valence-electron chi connectivity index (χ2n) is 4.24. The van der Waals surface area contributed by atoms with Crippen LogP contribution in [-0.4, -0.2) is 38.7 Å². The molecule has 0 aromatic rings. The van der Waals surface area contributed by atoms with Crippen molar-refractivity contribution in [2.75, 3.05) is 19.5 Å². The minimum atomic E-state index is -1.11. The van der Waals surface area contributed by atoms with Crippen molar-refractivity contribution in [2.24, 2.45) is 0 Å². The summed E-state index contributed by atoms with van der Waals surface area (Å²) in [5.41, 5.74) is 0. The van der Waals surface area contributed by atoms with Crippen molar-refractivity contribution in [3.63, 3.8) is 0 Å². The molecule has 4 heteroatoms. The molecule has 0 saturated carbocycles. The van der Waals surface area contributed by atoms with Gasteiger partial charge in [-0.3, -0.25) is 0 Å². The first-order valence-corrected chi connectivity index (χ1v) is 8.92. The molecule has 0 aromatic carbocycles. The van der Waals surface area contributed by atoms with Gasteiger partial charge in [-0.2, -0.15) is 0 Å². The van der Waals surface area contributed by atoms with Crippen molar-refractivity contribution in [3.05, 3.63) is 0 Å². The summed E-state index contributed by atoms with van der Waals surface area (Å²) in [6.07, 6.45) is 0.330. The van der Waals surface area contributed by atoms with Gasteiger partial charge in [-0.15, -0.1) is 11.8 Å². The Kier molecular flexibility index (Phi) is 3.64. The van der Waals surface area contributed by atoms with Gasteiger partial charge in [-0.25, -0.2) is 0 Å². The van der Waals surface area contributed by atoms with E-state index < -0.39 is 8.07 Å². The molecule has 0 radical (unpaired) electrons. The largest absolute Gasteiger partial charge is 0.382 e. The maximum Gasteiger partial charge on any atom is 0.0914 e. The Morgan fingerprint density at radius 1 is 1.50 bits per heavy atom. The lowest BCUT2D eigenvalue weighted by molar-refractivity contribution is 0.0313. The lowest BCUT2D eigenvalue weighted by atomic mass is 10.4. The van der Waals surface area contributed by atoms with Crippen molar-refractivity contribution in [1.82, 2.24) is 0 Å². The molecule has 1 aliphatic heterocycles. The molecule has 1 heterocycles. The van der Waals surface area contributed by atoms with Gasteiger partial charge in [0.1, 0.15) is 0 Å². The van der Waals surface area contributed by atoms with Crippen LogP contribution in [0.1, 0.15) is 0 Å². The summed E-state index contributed by atoms with van der Waals surface area (Å²) in [7, 11) is 0.622. The van der Waals surface area contributed by atoms with Crippen LogP contribution < -0.4 is 0 Å².